The molecule has 3 rings (SSSR count). The molecule has 0 aromatic heterocycles. The van der Waals surface area contributed by atoms with Crippen LogP contribution in [-0.4, -0.2) is 20.9 Å². The lowest BCUT2D eigenvalue weighted by Crippen LogP contribution is -2.41. The first-order chi connectivity index (χ1) is 14.8. The highest BCUT2D eigenvalue weighted by Gasteiger charge is 2.27. The van der Waals surface area contributed by atoms with Crippen LogP contribution in [0.2, 0.25) is 5.02 Å². The number of rotatable bonds is 8. The van der Waals surface area contributed by atoms with Gasteiger partial charge in [0.05, 0.1) is 16.6 Å². The first kappa shape index (κ1) is 22.8. The van der Waals surface area contributed by atoms with Gasteiger partial charge in [0, 0.05) is 5.02 Å². The Labute approximate surface area is 188 Å². The van der Waals surface area contributed by atoms with Crippen molar-refractivity contribution < 1.29 is 13.2 Å². The first-order valence-corrected chi connectivity index (χ1v) is 11.8. The van der Waals surface area contributed by atoms with Crippen LogP contribution in [0, 0.1) is 0 Å². The van der Waals surface area contributed by atoms with Crippen molar-refractivity contribution in [3.63, 3.8) is 0 Å². The number of nitrogens with zero attached hydrogens (tertiary/aromatic N) is 1. The monoisotopic (exact) mass is 456 g/mol. The molecule has 0 spiro atoms. The standard InChI is InChI=1S/C24H25ClN2O3S/c1-3-19-9-11-20(12-10-19)18(2)26-24(28)17-27(22-7-5-4-6-8-22)31(29,30)23-15-13-21(25)14-16-23/h4-16,18H,3,17H2,1-2H3,(H,26,28)/t18-/m1/s1. The summed E-state index contributed by atoms with van der Waals surface area (Å²) in [6.07, 6.45) is 0.940. The second kappa shape index (κ2) is 9.98. The molecule has 1 amide bonds. The van der Waals surface area contributed by atoms with Gasteiger partial charge < -0.3 is 5.32 Å². The van der Waals surface area contributed by atoms with Crippen LogP contribution in [0.5, 0.6) is 0 Å². The number of carbonyl (C=O) groups is 1. The predicted molar refractivity (Wildman–Crippen MR) is 125 cm³/mol. The van der Waals surface area contributed by atoms with E-state index in [1.807, 2.05) is 31.2 Å². The van der Waals surface area contributed by atoms with Crippen molar-refractivity contribution in [2.45, 2.75) is 31.2 Å². The third-order valence-electron chi connectivity index (χ3n) is 5.00. The lowest BCUT2D eigenvalue weighted by molar-refractivity contribution is -0.120. The van der Waals surface area contributed by atoms with Crippen LogP contribution < -0.4 is 9.62 Å². The SMILES string of the molecule is CCc1ccc([C@@H](C)NC(=O)CN(c2ccccc2)S(=O)(=O)c2ccc(Cl)cc2)cc1. The van der Waals surface area contributed by atoms with E-state index in [1.54, 1.807) is 30.3 Å². The molecule has 0 aliphatic heterocycles. The normalized spacial score (nSPS) is 12.2. The van der Waals surface area contributed by atoms with E-state index in [4.69, 9.17) is 11.6 Å². The van der Waals surface area contributed by atoms with Crippen molar-refractivity contribution in [1.29, 1.82) is 0 Å². The Morgan fingerprint density at radius 1 is 0.968 bits per heavy atom. The summed E-state index contributed by atoms with van der Waals surface area (Å²) in [5.74, 6) is -0.395. The molecule has 0 unspecified atom stereocenters. The Hall–Kier alpha value is -2.83. The van der Waals surface area contributed by atoms with Crippen LogP contribution in [0.25, 0.3) is 0 Å². The Morgan fingerprint density at radius 3 is 2.16 bits per heavy atom. The first-order valence-electron chi connectivity index (χ1n) is 10.0. The highest BCUT2D eigenvalue weighted by molar-refractivity contribution is 7.92. The van der Waals surface area contributed by atoms with Gasteiger partial charge in [-0.3, -0.25) is 9.10 Å². The average molecular weight is 457 g/mol. The van der Waals surface area contributed by atoms with Crippen molar-refractivity contribution in [1.82, 2.24) is 5.32 Å². The number of nitrogens with one attached hydrogen (secondary N) is 1. The van der Waals surface area contributed by atoms with Gasteiger partial charge in [0.15, 0.2) is 0 Å². The molecule has 0 aliphatic carbocycles. The average Bonchev–Trinajstić information content (AvgIpc) is 2.78. The molecule has 3 aromatic rings. The third-order valence-corrected chi connectivity index (χ3v) is 7.04. The Morgan fingerprint density at radius 2 is 1.58 bits per heavy atom. The third kappa shape index (κ3) is 5.66. The van der Waals surface area contributed by atoms with Crippen LogP contribution in [0.4, 0.5) is 5.69 Å². The van der Waals surface area contributed by atoms with E-state index >= 15 is 0 Å². The number of anilines is 1. The van der Waals surface area contributed by atoms with Crippen molar-refractivity contribution in [3.8, 4) is 0 Å². The fourth-order valence-electron chi connectivity index (χ4n) is 3.19. The fourth-order valence-corrected chi connectivity index (χ4v) is 4.73. The largest absolute Gasteiger partial charge is 0.348 e. The number of hydrogen-bond donors (Lipinski definition) is 1. The molecule has 0 heterocycles. The minimum atomic E-state index is -3.96. The van der Waals surface area contributed by atoms with E-state index in [0.29, 0.717) is 10.7 Å². The second-order valence-corrected chi connectivity index (χ2v) is 9.48. The molecule has 5 nitrogen and oxygen atoms in total. The number of aryl methyl sites for hydroxylation is 1. The summed E-state index contributed by atoms with van der Waals surface area (Å²) in [5, 5.41) is 3.34. The van der Waals surface area contributed by atoms with Crippen LogP contribution in [0.1, 0.15) is 31.0 Å². The van der Waals surface area contributed by atoms with E-state index in [2.05, 4.69) is 12.2 Å². The maximum Gasteiger partial charge on any atom is 0.264 e. The van der Waals surface area contributed by atoms with Gasteiger partial charge in [0.2, 0.25) is 5.91 Å². The molecule has 0 bridgehead atoms. The Kier molecular flexibility index (Phi) is 7.36. The number of amides is 1. The van der Waals surface area contributed by atoms with Crippen LogP contribution in [0.3, 0.4) is 0 Å². The van der Waals surface area contributed by atoms with E-state index in [9.17, 15) is 13.2 Å². The van der Waals surface area contributed by atoms with Crippen molar-refractivity contribution in [3.05, 3.63) is 95.0 Å². The fraction of sp³-hybridized carbons (Fsp3) is 0.208. The predicted octanol–water partition coefficient (Wildman–Crippen LogP) is 4.98. The second-order valence-electron chi connectivity index (χ2n) is 7.19. The zero-order valence-corrected chi connectivity index (χ0v) is 19.0. The molecule has 0 radical (unpaired) electrons. The molecule has 7 heteroatoms. The number of carbonyl (C=O) groups excluding carboxylic acids is 1. The number of hydrogen-bond acceptors (Lipinski definition) is 3. The molecule has 0 aliphatic rings. The summed E-state index contributed by atoms with van der Waals surface area (Å²) < 4.78 is 27.7. The van der Waals surface area contributed by atoms with Crippen molar-refractivity contribution in [2.75, 3.05) is 10.8 Å². The molecular weight excluding hydrogens is 432 g/mol. The minimum Gasteiger partial charge on any atom is -0.348 e. The topological polar surface area (TPSA) is 66.5 Å². The highest BCUT2D eigenvalue weighted by atomic mass is 35.5. The summed E-state index contributed by atoms with van der Waals surface area (Å²) >= 11 is 5.90. The summed E-state index contributed by atoms with van der Waals surface area (Å²) in [6, 6.07) is 22.2. The van der Waals surface area contributed by atoms with Crippen LogP contribution in [0.15, 0.2) is 83.8 Å². The molecule has 0 saturated heterocycles. The summed E-state index contributed by atoms with van der Waals surface area (Å²) in [7, 11) is -3.96. The highest BCUT2D eigenvalue weighted by Crippen LogP contribution is 2.24. The molecule has 162 valence electrons. The Balaban J connectivity index is 1.83. The molecule has 1 N–H and O–H groups in total. The van der Waals surface area contributed by atoms with Gasteiger partial charge in [0.1, 0.15) is 6.54 Å². The van der Waals surface area contributed by atoms with E-state index < -0.39 is 15.9 Å². The van der Waals surface area contributed by atoms with Crippen LogP contribution >= 0.6 is 11.6 Å². The molecule has 3 aromatic carbocycles. The van der Waals surface area contributed by atoms with Gasteiger partial charge >= 0.3 is 0 Å². The van der Waals surface area contributed by atoms with Gasteiger partial charge in [0.25, 0.3) is 10.0 Å². The summed E-state index contributed by atoms with van der Waals surface area (Å²) in [5.41, 5.74) is 2.58. The molecule has 0 fully saturated rings. The van der Waals surface area contributed by atoms with E-state index in [1.165, 1.54) is 29.8 Å². The summed E-state index contributed by atoms with van der Waals surface area (Å²) in [4.78, 5) is 12.9. The van der Waals surface area contributed by atoms with Gasteiger partial charge in [-0.1, -0.05) is 61.0 Å². The van der Waals surface area contributed by atoms with Crippen LogP contribution in [-0.2, 0) is 21.2 Å². The van der Waals surface area contributed by atoms with Gasteiger partial charge in [-0.25, -0.2) is 8.42 Å². The van der Waals surface area contributed by atoms with E-state index in [-0.39, 0.29) is 17.5 Å². The lowest BCUT2D eigenvalue weighted by atomic mass is 10.1. The lowest BCUT2D eigenvalue weighted by Gasteiger charge is -2.25. The minimum absolute atomic E-state index is 0.0664. The molecule has 0 saturated carbocycles. The zero-order valence-electron chi connectivity index (χ0n) is 17.5. The van der Waals surface area contributed by atoms with Gasteiger partial charge in [-0.05, 0) is 60.9 Å². The number of halogens is 1. The smallest absolute Gasteiger partial charge is 0.264 e. The maximum atomic E-state index is 13.3. The summed E-state index contributed by atoms with van der Waals surface area (Å²) in [6.45, 7) is 3.62. The quantitative estimate of drug-likeness (QED) is 0.520. The van der Waals surface area contributed by atoms with Crippen molar-refractivity contribution >= 4 is 33.2 Å². The molecule has 31 heavy (non-hydrogen) atoms. The van der Waals surface area contributed by atoms with E-state index in [0.717, 1.165) is 16.3 Å². The maximum absolute atomic E-state index is 13.3. The van der Waals surface area contributed by atoms with Gasteiger partial charge in [-0.2, -0.15) is 0 Å². The molecular formula is C24H25ClN2O3S. The number of sulfonamides is 1. The van der Waals surface area contributed by atoms with Crippen molar-refractivity contribution in [2.24, 2.45) is 0 Å². The number of benzene rings is 3. The zero-order chi connectivity index (χ0) is 22.4. The molecule has 1 atom stereocenters. The van der Waals surface area contributed by atoms with Gasteiger partial charge in [-0.15, -0.1) is 0 Å². The Bertz CT molecular complexity index is 1120. The number of para-hydroxylation sites is 1.